The van der Waals surface area contributed by atoms with Crippen LogP contribution in [0.5, 0.6) is 0 Å². The molecule has 1 aliphatic heterocycles. The topological polar surface area (TPSA) is 53.5 Å². The number of amides is 2. The summed E-state index contributed by atoms with van der Waals surface area (Å²) in [5, 5.41) is 0. The van der Waals surface area contributed by atoms with Crippen LogP contribution in [0.3, 0.4) is 0 Å². The predicted octanol–water partition coefficient (Wildman–Crippen LogP) is 2.69. The number of nitrogens with zero attached hydrogens (tertiary/aromatic N) is 3. The van der Waals surface area contributed by atoms with Crippen LogP contribution in [0.2, 0.25) is 0 Å². The minimum atomic E-state index is -0.189. The first kappa shape index (κ1) is 16.2. The molecule has 3 rings (SSSR count). The SMILES string of the molecule is CC(C)c1ccc(C(=O)N2CCN(c3ccccc3)C(=O)C2)nc1. The summed E-state index contributed by atoms with van der Waals surface area (Å²) in [4.78, 5) is 32.5. The normalized spacial score (nSPS) is 15.0. The minimum Gasteiger partial charge on any atom is -0.326 e. The Morgan fingerprint density at radius 2 is 1.83 bits per heavy atom. The van der Waals surface area contributed by atoms with Gasteiger partial charge < -0.3 is 9.80 Å². The van der Waals surface area contributed by atoms with Crippen LogP contribution in [-0.4, -0.2) is 41.3 Å². The van der Waals surface area contributed by atoms with Gasteiger partial charge in [0.15, 0.2) is 0 Å². The molecule has 0 bridgehead atoms. The van der Waals surface area contributed by atoms with Gasteiger partial charge in [0.25, 0.3) is 5.91 Å². The van der Waals surface area contributed by atoms with Crippen LogP contribution in [0.4, 0.5) is 5.69 Å². The van der Waals surface area contributed by atoms with Crippen molar-refractivity contribution in [3.8, 4) is 0 Å². The van der Waals surface area contributed by atoms with Gasteiger partial charge in [-0.25, -0.2) is 0 Å². The van der Waals surface area contributed by atoms with E-state index in [0.29, 0.717) is 24.7 Å². The lowest BCUT2D eigenvalue weighted by Gasteiger charge is -2.34. The van der Waals surface area contributed by atoms with Crippen molar-refractivity contribution in [2.75, 3.05) is 24.5 Å². The molecule has 0 atom stereocenters. The lowest BCUT2D eigenvalue weighted by Crippen LogP contribution is -2.52. The van der Waals surface area contributed by atoms with Gasteiger partial charge in [0, 0.05) is 25.0 Å². The Balaban J connectivity index is 1.69. The van der Waals surface area contributed by atoms with E-state index in [-0.39, 0.29) is 18.4 Å². The molecule has 24 heavy (non-hydrogen) atoms. The zero-order valence-electron chi connectivity index (χ0n) is 14.0. The van der Waals surface area contributed by atoms with Gasteiger partial charge in [-0.2, -0.15) is 0 Å². The maximum atomic E-state index is 12.6. The Bertz CT molecular complexity index is 726. The van der Waals surface area contributed by atoms with Crippen molar-refractivity contribution in [1.82, 2.24) is 9.88 Å². The Kier molecular flexibility index (Phi) is 4.60. The first-order chi connectivity index (χ1) is 11.6. The van der Waals surface area contributed by atoms with Gasteiger partial charge in [0.1, 0.15) is 12.2 Å². The van der Waals surface area contributed by atoms with Crippen molar-refractivity contribution >= 4 is 17.5 Å². The second-order valence-corrected chi connectivity index (χ2v) is 6.24. The number of hydrogen-bond acceptors (Lipinski definition) is 3. The second kappa shape index (κ2) is 6.83. The summed E-state index contributed by atoms with van der Waals surface area (Å²) < 4.78 is 0. The highest BCUT2D eigenvalue weighted by Crippen LogP contribution is 2.18. The molecule has 2 amide bonds. The maximum absolute atomic E-state index is 12.6. The first-order valence-electron chi connectivity index (χ1n) is 8.17. The molecule has 5 heteroatoms. The van der Waals surface area contributed by atoms with E-state index >= 15 is 0 Å². The lowest BCUT2D eigenvalue weighted by molar-refractivity contribution is -0.120. The van der Waals surface area contributed by atoms with E-state index in [1.54, 1.807) is 22.1 Å². The fourth-order valence-corrected chi connectivity index (χ4v) is 2.76. The lowest BCUT2D eigenvalue weighted by atomic mass is 10.1. The molecule has 124 valence electrons. The number of carbonyl (C=O) groups is 2. The summed E-state index contributed by atoms with van der Waals surface area (Å²) in [6, 6.07) is 13.2. The highest BCUT2D eigenvalue weighted by Gasteiger charge is 2.29. The highest BCUT2D eigenvalue weighted by molar-refractivity contribution is 6.00. The molecule has 0 saturated carbocycles. The molecule has 2 heterocycles. The highest BCUT2D eigenvalue weighted by atomic mass is 16.2. The number of pyridine rings is 1. The van der Waals surface area contributed by atoms with Gasteiger partial charge in [-0.15, -0.1) is 0 Å². The second-order valence-electron chi connectivity index (χ2n) is 6.24. The van der Waals surface area contributed by atoms with Crippen molar-refractivity contribution in [2.45, 2.75) is 19.8 Å². The van der Waals surface area contributed by atoms with E-state index in [4.69, 9.17) is 0 Å². The average Bonchev–Trinajstić information content (AvgIpc) is 2.62. The number of rotatable bonds is 3. The van der Waals surface area contributed by atoms with E-state index in [1.165, 1.54) is 0 Å². The first-order valence-corrected chi connectivity index (χ1v) is 8.17. The van der Waals surface area contributed by atoms with Gasteiger partial charge in [0.2, 0.25) is 5.91 Å². The zero-order valence-corrected chi connectivity index (χ0v) is 14.0. The standard InChI is InChI=1S/C19H21N3O2/c1-14(2)15-8-9-17(20-12-15)19(24)21-10-11-22(18(23)13-21)16-6-4-3-5-7-16/h3-9,12,14H,10-11,13H2,1-2H3. The Labute approximate surface area is 141 Å². The van der Waals surface area contributed by atoms with E-state index in [9.17, 15) is 9.59 Å². The Morgan fingerprint density at radius 3 is 2.42 bits per heavy atom. The number of aromatic nitrogens is 1. The van der Waals surface area contributed by atoms with E-state index in [2.05, 4.69) is 18.8 Å². The van der Waals surface area contributed by atoms with Gasteiger partial charge in [-0.05, 0) is 29.7 Å². The van der Waals surface area contributed by atoms with Gasteiger partial charge in [-0.1, -0.05) is 38.1 Å². The van der Waals surface area contributed by atoms with Crippen molar-refractivity contribution < 1.29 is 9.59 Å². The van der Waals surface area contributed by atoms with Gasteiger partial charge in [-0.3, -0.25) is 14.6 Å². The zero-order chi connectivity index (χ0) is 17.1. The summed E-state index contributed by atoms with van der Waals surface area (Å²) in [5.41, 5.74) is 2.35. The molecule has 0 unspecified atom stereocenters. The monoisotopic (exact) mass is 323 g/mol. The molecule has 1 aromatic heterocycles. The number of piperazine rings is 1. The van der Waals surface area contributed by atoms with Crippen molar-refractivity contribution in [3.63, 3.8) is 0 Å². The summed E-state index contributed by atoms with van der Waals surface area (Å²) in [7, 11) is 0. The number of carbonyl (C=O) groups excluding carboxylic acids is 2. The molecular weight excluding hydrogens is 302 g/mol. The molecule has 1 fully saturated rings. The third-order valence-electron chi connectivity index (χ3n) is 4.25. The Hall–Kier alpha value is -2.69. The largest absolute Gasteiger partial charge is 0.326 e. The molecule has 0 aliphatic carbocycles. The molecule has 0 radical (unpaired) electrons. The summed E-state index contributed by atoms with van der Waals surface area (Å²) in [6.07, 6.45) is 1.74. The molecule has 1 aromatic carbocycles. The molecule has 0 N–H and O–H groups in total. The third kappa shape index (κ3) is 3.30. The summed E-state index contributed by atoms with van der Waals surface area (Å²) in [6.45, 7) is 5.26. The van der Waals surface area contributed by atoms with Crippen molar-refractivity contribution in [3.05, 3.63) is 59.9 Å². The summed E-state index contributed by atoms with van der Waals surface area (Å²) in [5.74, 6) is 0.114. The molecule has 1 aliphatic rings. The smallest absolute Gasteiger partial charge is 0.272 e. The van der Waals surface area contributed by atoms with Crippen LogP contribution in [0.25, 0.3) is 0 Å². The minimum absolute atomic E-state index is 0.0698. The fourth-order valence-electron chi connectivity index (χ4n) is 2.76. The summed E-state index contributed by atoms with van der Waals surface area (Å²) >= 11 is 0. The molecule has 1 saturated heterocycles. The Morgan fingerprint density at radius 1 is 1.08 bits per heavy atom. The third-order valence-corrected chi connectivity index (χ3v) is 4.25. The van der Waals surface area contributed by atoms with Crippen LogP contribution < -0.4 is 4.90 Å². The van der Waals surface area contributed by atoms with Crippen LogP contribution in [0.1, 0.15) is 35.8 Å². The molecule has 5 nitrogen and oxygen atoms in total. The molecular formula is C19H21N3O2. The van der Waals surface area contributed by atoms with E-state index in [0.717, 1.165) is 11.3 Å². The van der Waals surface area contributed by atoms with Gasteiger partial charge >= 0.3 is 0 Å². The van der Waals surface area contributed by atoms with Crippen LogP contribution in [-0.2, 0) is 4.79 Å². The molecule has 0 spiro atoms. The quantitative estimate of drug-likeness (QED) is 0.872. The average molecular weight is 323 g/mol. The van der Waals surface area contributed by atoms with Crippen LogP contribution >= 0.6 is 0 Å². The van der Waals surface area contributed by atoms with Crippen LogP contribution in [0.15, 0.2) is 48.7 Å². The maximum Gasteiger partial charge on any atom is 0.272 e. The number of hydrogen-bond donors (Lipinski definition) is 0. The fraction of sp³-hybridized carbons (Fsp3) is 0.316. The van der Waals surface area contributed by atoms with E-state index in [1.807, 2.05) is 36.4 Å². The number of anilines is 1. The number of benzene rings is 1. The van der Waals surface area contributed by atoms with Crippen molar-refractivity contribution in [1.29, 1.82) is 0 Å². The predicted molar refractivity (Wildman–Crippen MR) is 93.0 cm³/mol. The van der Waals surface area contributed by atoms with Gasteiger partial charge in [0.05, 0.1) is 0 Å². The van der Waals surface area contributed by atoms with E-state index < -0.39 is 0 Å². The van der Waals surface area contributed by atoms with Crippen LogP contribution in [0, 0.1) is 0 Å². The van der Waals surface area contributed by atoms with Crippen molar-refractivity contribution in [2.24, 2.45) is 0 Å². The molecule has 2 aromatic rings. The number of para-hydroxylation sites is 1.